The lowest BCUT2D eigenvalue weighted by atomic mass is 10.3. The first-order valence-corrected chi connectivity index (χ1v) is 6.41. The Morgan fingerprint density at radius 1 is 1.50 bits per heavy atom. The fourth-order valence-electron chi connectivity index (χ4n) is 1.67. The number of rotatable bonds is 9. The molecule has 4 N–H and O–H groups in total. The summed E-state index contributed by atoms with van der Waals surface area (Å²) in [5, 5.41) is 9.74. The minimum Gasteiger partial charge on any atom is -0.389 e. The summed E-state index contributed by atoms with van der Waals surface area (Å²) in [6.07, 6.45) is -0.593. The number of hydrazine groups is 1. The SMILES string of the molecule is CCOCc1nc(NN)cc(N(C)CC(O)COC)n1. The first-order chi connectivity index (χ1) is 9.60. The van der Waals surface area contributed by atoms with Gasteiger partial charge < -0.3 is 24.9 Å². The Hall–Kier alpha value is -1.48. The predicted octanol–water partition coefficient (Wildman–Crippen LogP) is -0.258. The standard InChI is InChI=1S/C12H23N5O3/c1-4-20-8-11-14-10(16-13)5-12(15-11)17(2)6-9(18)7-19-3/h5,9,18H,4,6-8,13H2,1-3H3,(H,14,15,16). The summed E-state index contributed by atoms with van der Waals surface area (Å²) in [4.78, 5) is 10.4. The molecule has 1 aromatic heterocycles. The molecule has 20 heavy (non-hydrogen) atoms. The number of hydrogen-bond acceptors (Lipinski definition) is 8. The molecular formula is C12H23N5O3. The number of aliphatic hydroxyl groups is 1. The number of aromatic nitrogens is 2. The Kier molecular flexibility index (Phi) is 7.16. The van der Waals surface area contributed by atoms with Crippen molar-refractivity contribution < 1.29 is 14.6 Å². The van der Waals surface area contributed by atoms with Gasteiger partial charge in [0, 0.05) is 33.4 Å². The van der Waals surface area contributed by atoms with E-state index >= 15 is 0 Å². The maximum atomic E-state index is 9.74. The van der Waals surface area contributed by atoms with Crippen LogP contribution in [0.15, 0.2) is 6.07 Å². The van der Waals surface area contributed by atoms with Crippen LogP contribution >= 0.6 is 0 Å². The summed E-state index contributed by atoms with van der Waals surface area (Å²) in [6, 6.07) is 1.70. The topological polar surface area (TPSA) is 106 Å². The molecule has 0 aromatic carbocycles. The Bertz CT molecular complexity index is 405. The molecule has 8 heteroatoms. The predicted molar refractivity (Wildman–Crippen MR) is 76.3 cm³/mol. The van der Waals surface area contributed by atoms with Gasteiger partial charge in [0.25, 0.3) is 0 Å². The number of ether oxygens (including phenoxy) is 2. The number of nitrogens with zero attached hydrogens (tertiary/aromatic N) is 3. The maximum Gasteiger partial charge on any atom is 0.158 e. The quantitative estimate of drug-likeness (QED) is 0.421. The molecule has 0 aliphatic carbocycles. The highest BCUT2D eigenvalue weighted by molar-refractivity contribution is 5.48. The van der Waals surface area contributed by atoms with Gasteiger partial charge in [-0.3, -0.25) is 0 Å². The van der Waals surface area contributed by atoms with Crippen molar-refractivity contribution in [1.29, 1.82) is 0 Å². The van der Waals surface area contributed by atoms with Gasteiger partial charge in [-0.05, 0) is 6.92 Å². The zero-order valence-electron chi connectivity index (χ0n) is 12.2. The van der Waals surface area contributed by atoms with Crippen molar-refractivity contribution in [2.45, 2.75) is 19.6 Å². The van der Waals surface area contributed by atoms with Crippen LogP contribution in [0.25, 0.3) is 0 Å². The number of nitrogens with one attached hydrogen (secondary N) is 1. The fourth-order valence-corrected chi connectivity index (χ4v) is 1.67. The molecule has 0 fully saturated rings. The van der Waals surface area contributed by atoms with Crippen LogP contribution in [0.2, 0.25) is 0 Å². The number of nitrogen functional groups attached to an aromatic ring is 1. The van der Waals surface area contributed by atoms with Gasteiger partial charge >= 0.3 is 0 Å². The summed E-state index contributed by atoms with van der Waals surface area (Å²) < 4.78 is 10.2. The van der Waals surface area contributed by atoms with Crippen molar-refractivity contribution in [1.82, 2.24) is 9.97 Å². The second-order valence-corrected chi connectivity index (χ2v) is 4.30. The van der Waals surface area contributed by atoms with Gasteiger partial charge in [-0.15, -0.1) is 0 Å². The second kappa shape index (κ2) is 8.64. The molecule has 1 atom stereocenters. The average Bonchev–Trinajstić information content (AvgIpc) is 2.44. The Morgan fingerprint density at radius 3 is 2.85 bits per heavy atom. The van der Waals surface area contributed by atoms with Gasteiger partial charge in [0.05, 0.1) is 12.7 Å². The van der Waals surface area contributed by atoms with Crippen molar-refractivity contribution in [3.63, 3.8) is 0 Å². The third kappa shape index (κ3) is 5.25. The Morgan fingerprint density at radius 2 is 2.25 bits per heavy atom. The molecule has 0 saturated carbocycles. The molecule has 0 radical (unpaired) electrons. The molecule has 0 aliphatic rings. The van der Waals surface area contributed by atoms with E-state index in [-0.39, 0.29) is 6.61 Å². The first kappa shape index (κ1) is 16.6. The lowest BCUT2D eigenvalue weighted by molar-refractivity contribution is 0.0694. The first-order valence-electron chi connectivity index (χ1n) is 6.41. The molecule has 8 nitrogen and oxygen atoms in total. The van der Waals surface area contributed by atoms with Gasteiger partial charge in [-0.25, -0.2) is 15.8 Å². The van der Waals surface area contributed by atoms with Gasteiger partial charge in [0.1, 0.15) is 18.2 Å². The van der Waals surface area contributed by atoms with E-state index in [1.54, 1.807) is 13.2 Å². The van der Waals surface area contributed by atoms with Crippen molar-refractivity contribution in [3.8, 4) is 0 Å². The third-order valence-electron chi connectivity index (χ3n) is 2.58. The number of hydrogen-bond donors (Lipinski definition) is 3. The molecule has 1 rings (SSSR count). The fraction of sp³-hybridized carbons (Fsp3) is 0.667. The molecule has 0 bridgehead atoms. The normalized spacial score (nSPS) is 12.2. The summed E-state index contributed by atoms with van der Waals surface area (Å²) in [5.41, 5.74) is 2.50. The van der Waals surface area contributed by atoms with Crippen molar-refractivity contribution in [2.75, 3.05) is 44.2 Å². The van der Waals surface area contributed by atoms with Crippen LogP contribution in [0.4, 0.5) is 11.6 Å². The molecule has 1 aromatic rings. The van der Waals surface area contributed by atoms with Crippen LogP contribution < -0.4 is 16.2 Å². The molecule has 114 valence electrons. The van der Waals surface area contributed by atoms with E-state index < -0.39 is 6.10 Å². The highest BCUT2D eigenvalue weighted by atomic mass is 16.5. The van der Waals surface area contributed by atoms with E-state index in [2.05, 4.69) is 15.4 Å². The van der Waals surface area contributed by atoms with Gasteiger partial charge in [-0.1, -0.05) is 0 Å². The molecule has 0 saturated heterocycles. The number of nitrogens with two attached hydrogens (primary N) is 1. The summed E-state index contributed by atoms with van der Waals surface area (Å²) >= 11 is 0. The smallest absolute Gasteiger partial charge is 0.158 e. The van der Waals surface area contributed by atoms with Gasteiger partial charge in [-0.2, -0.15) is 0 Å². The van der Waals surface area contributed by atoms with Crippen LogP contribution in [-0.4, -0.2) is 55.1 Å². The van der Waals surface area contributed by atoms with E-state index in [9.17, 15) is 5.11 Å². The zero-order valence-corrected chi connectivity index (χ0v) is 12.2. The molecule has 1 unspecified atom stereocenters. The minimum atomic E-state index is -0.593. The Labute approximate surface area is 118 Å². The van der Waals surface area contributed by atoms with Crippen LogP contribution in [0.5, 0.6) is 0 Å². The molecule has 1 heterocycles. The van der Waals surface area contributed by atoms with E-state index in [0.29, 0.717) is 37.2 Å². The second-order valence-electron chi connectivity index (χ2n) is 4.30. The number of likely N-dealkylation sites (N-methyl/N-ethyl adjacent to an activating group) is 1. The average molecular weight is 285 g/mol. The molecule has 0 aliphatic heterocycles. The molecular weight excluding hydrogens is 262 g/mol. The third-order valence-corrected chi connectivity index (χ3v) is 2.58. The highest BCUT2D eigenvalue weighted by Crippen LogP contribution is 2.15. The van der Waals surface area contributed by atoms with E-state index in [0.717, 1.165) is 0 Å². The molecule has 0 amide bonds. The van der Waals surface area contributed by atoms with E-state index in [1.165, 1.54) is 0 Å². The monoisotopic (exact) mass is 285 g/mol. The number of aliphatic hydroxyl groups excluding tert-OH is 1. The van der Waals surface area contributed by atoms with Gasteiger partial charge in [0.2, 0.25) is 0 Å². The van der Waals surface area contributed by atoms with Gasteiger partial charge in [0.15, 0.2) is 5.82 Å². The van der Waals surface area contributed by atoms with E-state index in [4.69, 9.17) is 15.3 Å². The van der Waals surface area contributed by atoms with E-state index in [1.807, 2.05) is 18.9 Å². The van der Waals surface area contributed by atoms with Crippen molar-refractivity contribution in [2.24, 2.45) is 5.84 Å². The molecule has 0 spiro atoms. The minimum absolute atomic E-state index is 0.267. The summed E-state index contributed by atoms with van der Waals surface area (Å²) in [5.74, 6) is 7.08. The lowest BCUT2D eigenvalue weighted by Crippen LogP contribution is -2.32. The van der Waals surface area contributed by atoms with Crippen molar-refractivity contribution >= 4 is 11.6 Å². The Balaban J connectivity index is 2.80. The maximum absolute atomic E-state index is 9.74. The summed E-state index contributed by atoms with van der Waals surface area (Å²) in [6.45, 7) is 3.46. The summed E-state index contributed by atoms with van der Waals surface area (Å²) in [7, 11) is 3.37. The van der Waals surface area contributed by atoms with Crippen LogP contribution in [-0.2, 0) is 16.1 Å². The number of methoxy groups -OCH3 is 1. The highest BCUT2D eigenvalue weighted by Gasteiger charge is 2.12. The van der Waals surface area contributed by atoms with Crippen LogP contribution in [0.3, 0.4) is 0 Å². The lowest BCUT2D eigenvalue weighted by Gasteiger charge is -2.22. The zero-order chi connectivity index (χ0) is 15.0. The van der Waals surface area contributed by atoms with Crippen LogP contribution in [0.1, 0.15) is 12.7 Å². The largest absolute Gasteiger partial charge is 0.389 e. The van der Waals surface area contributed by atoms with Crippen LogP contribution in [0, 0.1) is 0 Å². The number of anilines is 2. The van der Waals surface area contributed by atoms with Crippen molar-refractivity contribution in [3.05, 3.63) is 11.9 Å².